The van der Waals surface area contributed by atoms with Crippen LogP contribution in [0.4, 0.5) is 21.1 Å². The molecule has 5 amide bonds. The summed E-state index contributed by atoms with van der Waals surface area (Å²) < 4.78 is 0.996. The summed E-state index contributed by atoms with van der Waals surface area (Å²) in [5.41, 5.74) is 6.42. The normalized spacial score (nSPS) is 14.1. The number of benzene rings is 2. The molecule has 0 spiro atoms. The number of hydrogen-bond donors (Lipinski definition) is 4. The predicted molar refractivity (Wildman–Crippen MR) is 161 cm³/mol. The first-order valence-electron chi connectivity index (χ1n) is 13.2. The molecule has 0 aliphatic carbocycles. The number of aliphatic carboxylic acids is 1. The molecule has 0 unspecified atom stereocenters. The second-order valence-electron chi connectivity index (χ2n) is 9.85. The van der Waals surface area contributed by atoms with E-state index in [0.29, 0.717) is 18.5 Å². The van der Waals surface area contributed by atoms with Gasteiger partial charge in [0.05, 0.1) is 22.2 Å². The van der Waals surface area contributed by atoms with Gasteiger partial charge in [0, 0.05) is 31.0 Å². The average molecular weight is 630 g/mol. The number of rotatable bonds is 8. The molecule has 0 radical (unpaired) electrons. The number of anilines is 2. The number of likely N-dealkylation sites (tertiary alicyclic amines) is 1. The van der Waals surface area contributed by atoms with Crippen molar-refractivity contribution in [1.29, 1.82) is 0 Å². The Morgan fingerprint density at radius 1 is 1.07 bits per heavy atom. The molecule has 15 heteroatoms. The molecule has 1 aromatic heterocycles. The number of primary amides is 1. The lowest BCUT2D eigenvalue weighted by Crippen LogP contribution is -2.55. The summed E-state index contributed by atoms with van der Waals surface area (Å²) in [7, 11) is 0. The summed E-state index contributed by atoms with van der Waals surface area (Å²) >= 11 is 12.1. The molecule has 13 nitrogen and oxygen atoms in total. The summed E-state index contributed by atoms with van der Waals surface area (Å²) in [6, 6.07) is 10.3. The van der Waals surface area contributed by atoms with Gasteiger partial charge in [-0.25, -0.2) is 19.2 Å². The lowest BCUT2D eigenvalue weighted by molar-refractivity contribution is -0.139. The van der Waals surface area contributed by atoms with Crippen molar-refractivity contribution in [3.63, 3.8) is 0 Å². The van der Waals surface area contributed by atoms with Crippen LogP contribution in [0.2, 0.25) is 10.0 Å². The number of nitrogens with zero attached hydrogens (tertiary/aromatic N) is 4. The Bertz CT molecular complexity index is 1590. The second-order valence-corrected chi connectivity index (χ2v) is 10.7. The number of carboxylic acid groups (broad SMARTS) is 1. The minimum absolute atomic E-state index is 0.00649. The smallest absolute Gasteiger partial charge is 0.349 e. The Hall–Kier alpha value is -4.62. The van der Waals surface area contributed by atoms with Crippen LogP contribution in [0.25, 0.3) is 0 Å². The van der Waals surface area contributed by atoms with Crippen LogP contribution in [0.5, 0.6) is 0 Å². The average Bonchev–Trinajstić information content (AvgIpc) is 2.95. The number of carbonyl (C=O) groups excluding carboxylic acids is 3. The number of piperidine rings is 1. The van der Waals surface area contributed by atoms with E-state index in [1.807, 2.05) is 31.2 Å². The third kappa shape index (κ3) is 7.43. The van der Waals surface area contributed by atoms with Crippen molar-refractivity contribution in [2.45, 2.75) is 38.4 Å². The number of amides is 5. The van der Waals surface area contributed by atoms with E-state index in [1.54, 1.807) is 6.07 Å². The highest BCUT2D eigenvalue weighted by Crippen LogP contribution is 2.27. The molecule has 1 aliphatic heterocycles. The van der Waals surface area contributed by atoms with E-state index in [-0.39, 0.29) is 40.6 Å². The third-order valence-electron chi connectivity index (χ3n) is 7.01. The maximum Gasteiger partial charge on any atom is 0.349 e. The number of urea groups is 2. The zero-order chi connectivity index (χ0) is 31.3. The van der Waals surface area contributed by atoms with Crippen molar-refractivity contribution in [3.05, 3.63) is 86.4 Å². The highest BCUT2D eigenvalue weighted by molar-refractivity contribution is 6.40. The lowest BCUT2D eigenvalue weighted by Gasteiger charge is -2.38. The number of para-hydroxylation sites is 1. The number of hydrogen-bond acceptors (Lipinski definition) is 6. The molecule has 3 aromatic rings. The maximum absolute atomic E-state index is 13.0. The molecular formula is C28H29Cl2N7O6. The van der Waals surface area contributed by atoms with E-state index in [4.69, 9.17) is 28.9 Å². The monoisotopic (exact) mass is 629 g/mol. The van der Waals surface area contributed by atoms with E-state index >= 15 is 0 Å². The number of carbonyl (C=O) groups is 4. The van der Waals surface area contributed by atoms with E-state index in [9.17, 15) is 29.1 Å². The molecule has 43 heavy (non-hydrogen) atoms. The second kappa shape index (κ2) is 13.6. The molecule has 2 heterocycles. The Morgan fingerprint density at radius 2 is 1.72 bits per heavy atom. The van der Waals surface area contributed by atoms with Crippen LogP contribution < -0.4 is 27.0 Å². The zero-order valence-electron chi connectivity index (χ0n) is 23.0. The standard InChI is InChI=1S/C28H29Cl2N7O6/c1-16-5-2-3-8-21(16)37(26(31)41)17-9-12-35(13-10-17)27(42)32-20(25(39)40)15-36-14-11-22(34-28(36)43)33-24(38)23-18(29)6-4-7-19(23)30/h2-8,11,14,17,20H,9-10,12-13,15H2,1H3,(H2,31,41)(H,32,42)(H,39,40)(H,33,34,38,43)/t20-/m0/s1. The first-order chi connectivity index (χ1) is 20.5. The first-order valence-corrected chi connectivity index (χ1v) is 14.0. The van der Waals surface area contributed by atoms with Crippen LogP contribution in [0.15, 0.2) is 59.5 Å². The van der Waals surface area contributed by atoms with Crippen LogP contribution in [0, 0.1) is 6.92 Å². The van der Waals surface area contributed by atoms with Crippen LogP contribution >= 0.6 is 23.2 Å². The molecule has 1 fully saturated rings. The van der Waals surface area contributed by atoms with E-state index in [2.05, 4.69) is 15.6 Å². The summed E-state index contributed by atoms with van der Waals surface area (Å²) in [5.74, 6) is -2.14. The molecule has 5 N–H and O–H groups in total. The van der Waals surface area contributed by atoms with Gasteiger partial charge in [-0.3, -0.25) is 14.3 Å². The predicted octanol–water partition coefficient (Wildman–Crippen LogP) is 3.32. The highest BCUT2D eigenvalue weighted by Gasteiger charge is 2.32. The number of carboxylic acids is 1. The fourth-order valence-electron chi connectivity index (χ4n) is 4.81. The molecule has 0 bridgehead atoms. The van der Waals surface area contributed by atoms with E-state index < -0.39 is 42.2 Å². The van der Waals surface area contributed by atoms with Gasteiger partial charge < -0.3 is 26.4 Å². The Balaban J connectivity index is 1.37. The van der Waals surface area contributed by atoms with Crippen molar-refractivity contribution in [1.82, 2.24) is 19.8 Å². The number of halogens is 2. The summed E-state index contributed by atoms with van der Waals surface area (Å²) in [4.78, 5) is 69.2. The number of aryl methyl sites for hydroxylation is 1. The van der Waals surface area contributed by atoms with Crippen molar-refractivity contribution in [2.75, 3.05) is 23.3 Å². The van der Waals surface area contributed by atoms with Crippen LogP contribution in [0.3, 0.4) is 0 Å². The SMILES string of the molecule is Cc1ccccc1N(C(N)=O)C1CCN(C(=O)N[C@@H](Cn2ccc(NC(=O)c3c(Cl)cccc3Cl)nc2=O)C(=O)O)CC1. The minimum atomic E-state index is -1.46. The molecule has 226 valence electrons. The topological polar surface area (TPSA) is 180 Å². The van der Waals surface area contributed by atoms with Crippen LogP contribution in [-0.2, 0) is 11.3 Å². The van der Waals surface area contributed by atoms with E-state index in [0.717, 1.165) is 10.1 Å². The fourth-order valence-corrected chi connectivity index (χ4v) is 5.38. The van der Waals surface area contributed by atoms with Gasteiger partial charge in [-0.1, -0.05) is 47.5 Å². The van der Waals surface area contributed by atoms with Gasteiger partial charge in [-0.2, -0.15) is 4.98 Å². The number of nitrogens with one attached hydrogen (secondary N) is 2. The van der Waals surface area contributed by atoms with Gasteiger partial charge in [-0.15, -0.1) is 0 Å². The maximum atomic E-state index is 13.0. The van der Waals surface area contributed by atoms with E-state index in [1.165, 1.54) is 34.2 Å². The zero-order valence-corrected chi connectivity index (χ0v) is 24.5. The molecule has 1 atom stereocenters. The number of aromatic nitrogens is 2. The lowest BCUT2D eigenvalue weighted by atomic mass is 10.0. The van der Waals surface area contributed by atoms with Crippen molar-refractivity contribution >= 4 is 58.6 Å². The Kier molecular flexibility index (Phi) is 9.88. The van der Waals surface area contributed by atoms with Gasteiger partial charge in [0.2, 0.25) is 0 Å². The van der Waals surface area contributed by atoms with Gasteiger partial charge in [0.15, 0.2) is 0 Å². The number of nitrogens with two attached hydrogens (primary N) is 1. The summed E-state index contributed by atoms with van der Waals surface area (Å²) in [6.07, 6.45) is 2.10. The summed E-state index contributed by atoms with van der Waals surface area (Å²) in [6.45, 7) is 1.96. The Morgan fingerprint density at radius 3 is 2.30 bits per heavy atom. The van der Waals surface area contributed by atoms with Gasteiger partial charge in [0.1, 0.15) is 11.9 Å². The third-order valence-corrected chi connectivity index (χ3v) is 7.64. The van der Waals surface area contributed by atoms with Gasteiger partial charge in [-0.05, 0) is 49.6 Å². The molecule has 1 saturated heterocycles. The van der Waals surface area contributed by atoms with Crippen molar-refractivity contribution < 1.29 is 24.3 Å². The van der Waals surface area contributed by atoms with Crippen LogP contribution in [-0.4, -0.2) is 68.7 Å². The minimum Gasteiger partial charge on any atom is -0.480 e. The quantitative estimate of drug-likeness (QED) is 0.295. The summed E-state index contributed by atoms with van der Waals surface area (Å²) in [5, 5.41) is 14.8. The molecule has 1 aliphatic rings. The molecule has 4 rings (SSSR count). The van der Waals surface area contributed by atoms with Gasteiger partial charge >= 0.3 is 23.7 Å². The molecule has 0 saturated carbocycles. The van der Waals surface area contributed by atoms with Crippen molar-refractivity contribution in [3.8, 4) is 0 Å². The molecular weight excluding hydrogens is 601 g/mol. The van der Waals surface area contributed by atoms with Gasteiger partial charge in [0.25, 0.3) is 5.91 Å². The van der Waals surface area contributed by atoms with Crippen LogP contribution in [0.1, 0.15) is 28.8 Å². The fraction of sp³-hybridized carbons (Fsp3) is 0.286. The molecule has 2 aromatic carbocycles. The largest absolute Gasteiger partial charge is 0.480 e. The van der Waals surface area contributed by atoms with Crippen molar-refractivity contribution in [2.24, 2.45) is 5.73 Å². The Labute approximate surface area is 256 Å². The highest BCUT2D eigenvalue weighted by atomic mass is 35.5. The first kappa shape index (κ1) is 31.3.